The largest absolute Gasteiger partial charge is 0.465 e. The lowest BCUT2D eigenvalue weighted by Crippen LogP contribution is -2.47. The average molecular weight is 321 g/mol. The van der Waals surface area contributed by atoms with E-state index in [-0.39, 0.29) is 11.9 Å². The SMILES string of the molecule is CCC(CC)(CN)C(=O)NCC(c1ccc(C)o1)N1CCCC1. The van der Waals surface area contributed by atoms with Gasteiger partial charge in [-0.25, -0.2) is 0 Å². The number of amides is 1. The molecule has 5 nitrogen and oxygen atoms in total. The van der Waals surface area contributed by atoms with E-state index >= 15 is 0 Å². The van der Waals surface area contributed by atoms with E-state index in [9.17, 15) is 4.79 Å². The minimum absolute atomic E-state index is 0.0671. The minimum Gasteiger partial charge on any atom is -0.465 e. The van der Waals surface area contributed by atoms with Crippen molar-refractivity contribution < 1.29 is 9.21 Å². The standard InChI is InChI=1S/C18H31N3O2/c1-4-18(5-2,13-19)17(22)20-12-15(21-10-6-7-11-21)16-9-8-14(3)23-16/h8-9,15H,4-7,10-13,19H2,1-3H3,(H,20,22). The Labute approximate surface area is 139 Å². The first-order chi connectivity index (χ1) is 11.1. The number of nitrogens with two attached hydrogens (primary N) is 1. The van der Waals surface area contributed by atoms with Crippen molar-refractivity contribution in [2.75, 3.05) is 26.2 Å². The van der Waals surface area contributed by atoms with Crippen LogP contribution in [0.15, 0.2) is 16.5 Å². The predicted octanol–water partition coefficient (Wildman–Crippen LogP) is 2.61. The highest BCUT2D eigenvalue weighted by Gasteiger charge is 2.34. The van der Waals surface area contributed by atoms with Gasteiger partial charge in [-0.3, -0.25) is 9.69 Å². The molecular formula is C18H31N3O2. The molecule has 0 saturated carbocycles. The number of carbonyl (C=O) groups is 1. The summed E-state index contributed by atoms with van der Waals surface area (Å²) in [5.74, 6) is 1.92. The van der Waals surface area contributed by atoms with Crippen molar-refractivity contribution in [3.8, 4) is 0 Å². The molecule has 130 valence electrons. The summed E-state index contributed by atoms with van der Waals surface area (Å²) in [4.78, 5) is 15.1. The van der Waals surface area contributed by atoms with Crippen LogP contribution in [0.2, 0.25) is 0 Å². The average Bonchev–Trinajstić information content (AvgIpc) is 3.22. The van der Waals surface area contributed by atoms with Crippen LogP contribution in [0.25, 0.3) is 0 Å². The highest BCUT2D eigenvalue weighted by Crippen LogP contribution is 2.28. The number of rotatable bonds is 8. The summed E-state index contributed by atoms with van der Waals surface area (Å²) in [6.07, 6.45) is 3.95. The van der Waals surface area contributed by atoms with Crippen LogP contribution in [0.4, 0.5) is 0 Å². The third-order valence-electron chi connectivity index (χ3n) is 5.35. The van der Waals surface area contributed by atoms with Crippen molar-refractivity contribution in [1.82, 2.24) is 10.2 Å². The van der Waals surface area contributed by atoms with Gasteiger partial charge >= 0.3 is 0 Å². The molecule has 0 spiro atoms. The predicted molar refractivity (Wildman–Crippen MR) is 92.1 cm³/mol. The lowest BCUT2D eigenvalue weighted by molar-refractivity contribution is -0.131. The molecule has 1 aromatic heterocycles. The van der Waals surface area contributed by atoms with Gasteiger partial charge in [0, 0.05) is 13.1 Å². The highest BCUT2D eigenvalue weighted by atomic mass is 16.3. The lowest BCUT2D eigenvalue weighted by atomic mass is 9.81. The van der Waals surface area contributed by atoms with Gasteiger partial charge in [0.1, 0.15) is 11.5 Å². The molecule has 5 heteroatoms. The Bertz CT molecular complexity index is 494. The quantitative estimate of drug-likeness (QED) is 0.772. The zero-order valence-electron chi connectivity index (χ0n) is 14.7. The molecule has 3 N–H and O–H groups in total. The normalized spacial score (nSPS) is 17.4. The second kappa shape index (κ2) is 7.97. The number of nitrogens with zero attached hydrogens (tertiary/aromatic N) is 1. The van der Waals surface area contributed by atoms with Gasteiger partial charge in [0.25, 0.3) is 0 Å². The first kappa shape index (κ1) is 18.0. The van der Waals surface area contributed by atoms with Crippen LogP contribution in [0.3, 0.4) is 0 Å². The van der Waals surface area contributed by atoms with Crippen LogP contribution in [0.1, 0.15) is 57.1 Å². The second-order valence-corrected chi connectivity index (χ2v) is 6.61. The summed E-state index contributed by atoms with van der Waals surface area (Å²) in [6, 6.07) is 4.13. The van der Waals surface area contributed by atoms with Gasteiger partial charge in [-0.1, -0.05) is 13.8 Å². The number of aryl methyl sites for hydroxylation is 1. The molecule has 1 amide bonds. The molecule has 1 aromatic rings. The van der Waals surface area contributed by atoms with Crippen molar-refractivity contribution >= 4 is 5.91 Å². The maximum Gasteiger partial charge on any atom is 0.227 e. The Morgan fingerprint density at radius 1 is 1.35 bits per heavy atom. The summed E-state index contributed by atoms with van der Waals surface area (Å²) in [5, 5.41) is 3.14. The zero-order valence-corrected chi connectivity index (χ0v) is 14.7. The Morgan fingerprint density at radius 2 is 2.00 bits per heavy atom. The van der Waals surface area contributed by atoms with E-state index < -0.39 is 5.41 Å². The smallest absolute Gasteiger partial charge is 0.227 e. The van der Waals surface area contributed by atoms with E-state index in [2.05, 4.69) is 10.2 Å². The van der Waals surface area contributed by atoms with Crippen LogP contribution >= 0.6 is 0 Å². The molecular weight excluding hydrogens is 290 g/mol. The molecule has 0 bridgehead atoms. The molecule has 1 atom stereocenters. The minimum atomic E-state index is -0.450. The van der Waals surface area contributed by atoms with Gasteiger partial charge in [0.2, 0.25) is 5.91 Å². The van der Waals surface area contributed by atoms with Crippen LogP contribution in [-0.4, -0.2) is 37.0 Å². The van der Waals surface area contributed by atoms with E-state index in [4.69, 9.17) is 10.2 Å². The molecule has 1 aliphatic heterocycles. The van der Waals surface area contributed by atoms with Crippen LogP contribution in [0, 0.1) is 12.3 Å². The Morgan fingerprint density at radius 3 is 2.48 bits per heavy atom. The van der Waals surface area contributed by atoms with Gasteiger partial charge < -0.3 is 15.5 Å². The van der Waals surface area contributed by atoms with Crippen LogP contribution < -0.4 is 11.1 Å². The van der Waals surface area contributed by atoms with Crippen molar-refractivity contribution in [2.45, 2.75) is 52.5 Å². The number of furan rings is 1. The van der Waals surface area contributed by atoms with E-state index in [0.29, 0.717) is 13.1 Å². The third kappa shape index (κ3) is 3.96. The van der Waals surface area contributed by atoms with Crippen molar-refractivity contribution in [1.29, 1.82) is 0 Å². The van der Waals surface area contributed by atoms with Gasteiger partial charge in [0.15, 0.2) is 0 Å². The topological polar surface area (TPSA) is 71.5 Å². The maximum atomic E-state index is 12.7. The molecule has 0 aliphatic carbocycles. The van der Waals surface area contributed by atoms with Gasteiger partial charge in [-0.15, -0.1) is 0 Å². The van der Waals surface area contributed by atoms with Crippen molar-refractivity contribution in [3.63, 3.8) is 0 Å². The van der Waals surface area contributed by atoms with Crippen LogP contribution in [0.5, 0.6) is 0 Å². The summed E-state index contributed by atoms with van der Waals surface area (Å²) < 4.78 is 5.84. The van der Waals surface area contributed by atoms with Crippen molar-refractivity contribution in [3.05, 3.63) is 23.7 Å². The number of hydrogen-bond donors (Lipinski definition) is 2. The Kier molecular flexibility index (Phi) is 6.25. The van der Waals surface area contributed by atoms with E-state index in [1.165, 1.54) is 12.8 Å². The monoisotopic (exact) mass is 321 g/mol. The van der Waals surface area contributed by atoms with E-state index in [1.54, 1.807) is 0 Å². The summed E-state index contributed by atoms with van der Waals surface area (Å²) in [6.45, 7) is 9.10. The Balaban J connectivity index is 2.07. The van der Waals surface area contributed by atoms with Gasteiger partial charge in [0.05, 0.1) is 11.5 Å². The first-order valence-corrected chi connectivity index (χ1v) is 8.85. The van der Waals surface area contributed by atoms with E-state index in [1.807, 2.05) is 32.9 Å². The highest BCUT2D eigenvalue weighted by molar-refractivity contribution is 5.82. The third-order valence-corrected chi connectivity index (χ3v) is 5.35. The Hall–Kier alpha value is -1.33. The first-order valence-electron chi connectivity index (χ1n) is 8.85. The fourth-order valence-corrected chi connectivity index (χ4v) is 3.42. The molecule has 2 heterocycles. The van der Waals surface area contributed by atoms with Crippen LogP contribution in [-0.2, 0) is 4.79 Å². The van der Waals surface area contributed by atoms with Crippen molar-refractivity contribution in [2.24, 2.45) is 11.1 Å². The maximum absolute atomic E-state index is 12.7. The fraction of sp³-hybridized carbons (Fsp3) is 0.722. The summed E-state index contributed by atoms with van der Waals surface area (Å²) in [5.41, 5.74) is 5.43. The molecule has 0 aromatic carbocycles. The van der Waals surface area contributed by atoms with Gasteiger partial charge in [-0.05, 0) is 57.8 Å². The molecule has 0 radical (unpaired) electrons. The molecule has 1 fully saturated rings. The molecule has 23 heavy (non-hydrogen) atoms. The fourth-order valence-electron chi connectivity index (χ4n) is 3.42. The molecule has 1 saturated heterocycles. The summed E-state index contributed by atoms with van der Waals surface area (Å²) >= 11 is 0. The molecule has 1 unspecified atom stereocenters. The second-order valence-electron chi connectivity index (χ2n) is 6.61. The van der Waals surface area contributed by atoms with Gasteiger partial charge in [-0.2, -0.15) is 0 Å². The summed E-state index contributed by atoms with van der Waals surface area (Å²) in [7, 11) is 0. The number of nitrogens with one attached hydrogen (secondary N) is 1. The number of carbonyl (C=O) groups excluding carboxylic acids is 1. The number of hydrogen-bond acceptors (Lipinski definition) is 4. The molecule has 2 rings (SSSR count). The molecule has 1 aliphatic rings. The van der Waals surface area contributed by atoms with E-state index in [0.717, 1.165) is 37.5 Å². The lowest BCUT2D eigenvalue weighted by Gasteiger charge is -2.31. The number of likely N-dealkylation sites (tertiary alicyclic amines) is 1. The zero-order chi connectivity index (χ0) is 16.9.